The van der Waals surface area contributed by atoms with Crippen LogP contribution < -0.4 is 5.32 Å². The van der Waals surface area contributed by atoms with Crippen LogP contribution in [0.5, 0.6) is 0 Å². The minimum absolute atomic E-state index is 0.250. The number of likely N-dealkylation sites (N-methyl/N-ethyl adjacent to an activating group) is 1. The largest absolute Gasteiger partial charge is 0.390 e. The first-order valence-corrected chi connectivity index (χ1v) is 7.07. The summed E-state index contributed by atoms with van der Waals surface area (Å²) < 4.78 is 0. The van der Waals surface area contributed by atoms with Gasteiger partial charge in [0.2, 0.25) is 0 Å². The molecule has 0 bridgehead atoms. The number of nitrogens with zero attached hydrogens (tertiary/aromatic N) is 1. The van der Waals surface area contributed by atoms with Gasteiger partial charge < -0.3 is 15.3 Å². The number of hydrogen-bond donors (Lipinski definition) is 2. The van der Waals surface area contributed by atoms with Crippen LogP contribution in [0.3, 0.4) is 0 Å². The SMILES string of the molecule is CC(C)C1CCCCC1NCC(O)CN(C)C. The van der Waals surface area contributed by atoms with Crippen LogP contribution in [-0.2, 0) is 0 Å². The van der Waals surface area contributed by atoms with E-state index in [4.69, 9.17) is 0 Å². The Labute approximate surface area is 107 Å². The fraction of sp³-hybridized carbons (Fsp3) is 1.00. The molecule has 3 nitrogen and oxygen atoms in total. The summed E-state index contributed by atoms with van der Waals surface area (Å²) >= 11 is 0. The van der Waals surface area contributed by atoms with Crippen molar-refractivity contribution in [1.82, 2.24) is 10.2 Å². The Bertz CT molecular complexity index is 206. The van der Waals surface area contributed by atoms with E-state index >= 15 is 0 Å². The number of nitrogens with one attached hydrogen (secondary N) is 1. The summed E-state index contributed by atoms with van der Waals surface area (Å²) in [6, 6.07) is 0.612. The predicted molar refractivity (Wildman–Crippen MR) is 73.1 cm³/mol. The van der Waals surface area contributed by atoms with E-state index in [2.05, 4.69) is 19.2 Å². The lowest BCUT2D eigenvalue weighted by Gasteiger charge is -2.35. The van der Waals surface area contributed by atoms with Crippen molar-refractivity contribution < 1.29 is 5.11 Å². The quantitative estimate of drug-likeness (QED) is 0.744. The number of aliphatic hydroxyl groups is 1. The molecule has 0 aliphatic heterocycles. The Balaban J connectivity index is 2.32. The van der Waals surface area contributed by atoms with E-state index in [1.165, 1.54) is 25.7 Å². The van der Waals surface area contributed by atoms with Crippen LogP contribution in [0.25, 0.3) is 0 Å². The van der Waals surface area contributed by atoms with Crippen LogP contribution in [0.2, 0.25) is 0 Å². The first kappa shape index (κ1) is 14.9. The molecular weight excluding hydrogens is 212 g/mol. The van der Waals surface area contributed by atoms with E-state index in [1.807, 2.05) is 19.0 Å². The van der Waals surface area contributed by atoms with Crippen molar-refractivity contribution in [1.29, 1.82) is 0 Å². The molecule has 0 heterocycles. The van der Waals surface area contributed by atoms with Crippen LogP contribution in [0, 0.1) is 11.8 Å². The second kappa shape index (κ2) is 7.34. The van der Waals surface area contributed by atoms with E-state index in [0.29, 0.717) is 6.04 Å². The van der Waals surface area contributed by atoms with Crippen molar-refractivity contribution >= 4 is 0 Å². The van der Waals surface area contributed by atoms with Crippen molar-refractivity contribution in [3.05, 3.63) is 0 Å². The normalized spacial score (nSPS) is 27.7. The molecular formula is C14H30N2O. The van der Waals surface area contributed by atoms with E-state index in [9.17, 15) is 5.11 Å². The fourth-order valence-electron chi connectivity index (χ4n) is 2.98. The lowest BCUT2D eigenvalue weighted by molar-refractivity contribution is 0.117. The molecule has 0 spiro atoms. The first-order chi connectivity index (χ1) is 8.00. The highest BCUT2D eigenvalue weighted by Gasteiger charge is 2.27. The maximum Gasteiger partial charge on any atom is 0.0791 e. The fourth-order valence-corrected chi connectivity index (χ4v) is 2.98. The minimum atomic E-state index is -0.250. The van der Waals surface area contributed by atoms with Gasteiger partial charge in [-0.2, -0.15) is 0 Å². The zero-order valence-electron chi connectivity index (χ0n) is 11.9. The van der Waals surface area contributed by atoms with Gasteiger partial charge in [-0.25, -0.2) is 0 Å². The lowest BCUT2D eigenvalue weighted by atomic mass is 9.78. The number of hydrogen-bond acceptors (Lipinski definition) is 3. The van der Waals surface area contributed by atoms with Crippen LogP contribution in [0.15, 0.2) is 0 Å². The Morgan fingerprint density at radius 3 is 2.47 bits per heavy atom. The summed E-state index contributed by atoms with van der Waals surface area (Å²) in [4.78, 5) is 2.03. The van der Waals surface area contributed by atoms with Crippen molar-refractivity contribution in [2.24, 2.45) is 11.8 Å². The van der Waals surface area contributed by atoms with Gasteiger partial charge in [0.05, 0.1) is 6.10 Å². The van der Waals surface area contributed by atoms with Crippen molar-refractivity contribution in [2.75, 3.05) is 27.2 Å². The van der Waals surface area contributed by atoms with Gasteiger partial charge in [0, 0.05) is 19.1 Å². The third kappa shape index (κ3) is 5.36. The van der Waals surface area contributed by atoms with Crippen LogP contribution in [0.1, 0.15) is 39.5 Å². The molecule has 0 saturated heterocycles. The summed E-state index contributed by atoms with van der Waals surface area (Å²) in [6.07, 6.45) is 5.09. The molecule has 102 valence electrons. The average Bonchev–Trinajstić information content (AvgIpc) is 2.25. The maximum atomic E-state index is 9.87. The monoisotopic (exact) mass is 242 g/mol. The topological polar surface area (TPSA) is 35.5 Å². The van der Waals surface area contributed by atoms with Gasteiger partial charge in [-0.05, 0) is 38.8 Å². The van der Waals surface area contributed by atoms with E-state index in [-0.39, 0.29) is 6.10 Å². The first-order valence-electron chi connectivity index (χ1n) is 7.07. The molecule has 0 radical (unpaired) electrons. The van der Waals surface area contributed by atoms with Gasteiger partial charge >= 0.3 is 0 Å². The highest BCUT2D eigenvalue weighted by molar-refractivity contribution is 4.83. The van der Waals surface area contributed by atoms with Gasteiger partial charge in [-0.3, -0.25) is 0 Å². The van der Waals surface area contributed by atoms with Gasteiger partial charge in [-0.15, -0.1) is 0 Å². The molecule has 1 rings (SSSR count). The van der Waals surface area contributed by atoms with E-state index in [0.717, 1.165) is 24.9 Å². The van der Waals surface area contributed by atoms with Crippen molar-refractivity contribution in [2.45, 2.75) is 51.7 Å². The van der Waals surface area contributed by atoms with Crippen LogP contribution >= 0.6 is 0 Å². The summed E-state index contributed by atoms with van der Waals surface area (Å²) in [5.41, 5.74) is 0. The summed E-state index contributed by atoms with van der Waals surface area (Å²) in [5, 5.41) is 13.5. The zero-order valence-corrected chi connectivity index (χ0v) is 11.9. The second-order valence-electron chi connectivity index (χ2n) is 6.12. The standard InChI is InChI=1S/C14H30N2O/c1-11(2)13-7-5-6-8-14(13)15-9-12(17)10-16(3)4/h11-15,17H,5-10H2,1-4H3. The third-order valence-corrected chi connectivity index (χ3v) is 3.87. The lowest BCUT2D eigenvalue weighted by Crippen LogP contribution is -2.45. The molecule has 1 aliphatic rings. The van der Waals surface area contributed by atoms with Gasteiger partial charge in [-0.1, -0.05) is 26.7 Å². The number of aliphatic hydroxyl groups excluding tert-OH is 1. The molecule has 3 atom stereocenters. The summed E-state index contributed by atoms with van der Waals surface area (Å²) in [6.45, 7) is 6.11. The zero-order chi connectivity index (χ0) is 12.8. The minimum Gasteiger partial charge on any atom is -0.390 e. The van der Waals surface area contributed by atoms with Gasteiger partial charge in [0.25, 0.3) is 0 Å². The van der Waals surface area contributed by atoms with Crippen LogP contribution in [-0.4, -0.2) is 49.3 Å². The highest BCUT2D eigenvalue weighted by atomic mass is 16.3. The Morgan fingerprint density at radius 2 is 1.88 bits per heavy atom. The summed E-state index contributed by atoms with van der Waals surface area (Å²) in [7, 11) is 4.00. The predicted octanol–water partition coefficient (Wildman–Crippen LogP) is 1.71. The third-order valence-electron chi connectivity index (χ3n) is 3.87. The van der Waals surface area contributed by atoms with Crippen molar-refractivity contribution in [3.8, 4) is 0 Å². The molecule has 0 aromatic rings. The molecule has 0 amide bonds. The molecule has 1 saturated carbocycles. The number of rotatable bonds is 6. The van der Waals surface area contributed by atoms with E-state index < -0.39 is 0 Å². The maximum absolute atomic E-state index is 9.87. The Morgan fingerprint density at radius 1 is 1.24 bits per heavy atom. The molecule has 3 heteroatoms. The molecule has 17 heavy (non-hydrogen) atoms. The summed E-state index contributed by atoms with van der Waals surface area (Å²) in [5.74, 6) is 1.54. The second-order valence-corrected chi connectivity index (χ2v) is 6.12. The molecule has 3 unspecified atom stereocenters. The van der Waals surface area contributed by atoms with Crippen LogP contribution in [0.4, 0.5) is 0 Å². The smallest absolute Gasteiger partial charge is 0.0791 e. The van der Waals surface area contributed by atoms with Gasteiger partial charge in [0.15, 0.2) is 0 Å². The molecule has 1 aliphatic carbocycles. The molecule has 0 aromatic carbocycles. The van der Waals surface area contributed by atoms with Gasteiger partial charge in [0.1, 0.15) is 0 Å². The average molecular weight is 242 g/mol. The Hall–Kier alpha value is -0.120. The van der Waals surface area contributed by atoms with E-state index in [1.54, 1.807) is 0 Å². The van der Waals surface area contributed by atoms with Crippen molar-refractivity contribution in [3.63, 3.8) is 0 Å². The molecule has 1 fully saturated rings. The Kier molecular flexibility index (Phi) is 6.45. The highest BCUT2D eigenvalue weighted by Crippen LogP contribution is 2.30. The molecule has 0 aromatic heterocycles. The molecule has 2 N–H and O–H groups in total.